The van der Waals surface area contributed by atoms with Crippen molar-refractivity contribution >= 4 is 64.6 Å². The number of rotatable bonds is 0. The third-order valence-electron chi connectivity index (χ3n) is 6.81. The van der Waals surface area contributed by atoms with Crippen molar-refractivity contribution in [2.24, 2.45) is 0 Å². The molecule has 146 valence electrons. The highest BCUT2D eigenvalue weighted by Gasteiger charge is 2.14. The molecule has 0 saturated carbocycles. The van der Waals surface area contributed by atoms with Crippen LogP contribution in [0.15, 0.2) is 103 Å². The van der Waals surface area contributed by atoms with Crippen LogP contribution in [0.25, 0.3) is 64.6 Å². The van der Waals surface area contributed by atoms with Gasteiger partial charge < -0.3 is 0 Å². The van der Waals surface area contributed by atoms with E-state index in [1.807, 2.05) is 12.1 Å². The van der Waals surface area contributed by atoms with E-state index in [-0.39, 0.29) is 0 Å². The molecule has 7 aromatic rings. The maximum Gasteiger partial charge on any atom is 0.0998 e. The second-order valence-electron chi connectivity index (χ2n) is 8.46. The second-order valence-corrected chi connectivity index (χ2v) is 8.46. The summed E-state index contributed by atoms with van der Waals surface area (Å²) in [6.07, 6.45) is 0. The standard InChI is InChI=1S/C31H17N/c32-18-25-6-3-5-20-10-12-22-14-16-24-17-15-23-13-11-21-9-8-19-4-1-2-7-26(19)28(21)30(23)31(24)29(22)27(20)25/h1-17H. The van der Waals surface area contributed by atoms with E-state index in [0.29, 0.717) is 0 Å². The third kappa shape index (κ3) is 2.21. The number of nitrogens with zero attached hydrogens (tertiary/aromatic N) is 1. The quantitative estimate of drug-likeness (QED) is 0.233. The van der Waals surface area contributed by atoms with Gasteiger partial charge in [0, 0.05) is 5.39 Å². The molecule has 0 atom stereocenters. The van der Waals surface area contributed by atoms with Gasteiger partial charge in [0.25, 0.3) is 0 Å². The van der Waals surface area contributed by atoms with Gasteiger partial charge in [0.05, 0.1) is 11.6 Å². The van der Waals surface area contributed by atoms with Gasteiger partial charge in [-0.1, -0.05) is 97.1 Å². The van der Waals surface area contributed by atoms with E-state index in [0.717, 1.165) is 21.7 Å². The Balaban J connectivity index is 1.90. The summed E-state index contributed by atoms with van der Waals surface area (Å²) in [6.45, 7) is 0. The van der Waals surface area contributed by atoms with Crippen molar-refractivity contribution in [1.29, 1.82) is 5.26 Å². The van der Waals surface area contributed by atoms with Gasteiger partial charge >= 0.3 is 0 Å². The van der Waals surface area contributed by atoms with E-state index in [9.17, 15) is 5.26 Å². The van der Waals surface area contributed by atoms with Gasteiger partial charge in [-0.25, -0.2) is 0 Å². The molecular weight excluding hydrogens is 386 g/mol. The van der Waals surface area contributed by atoms with Crippen LogP contribution >= 0.6 is 0 Å². The van der Waals surface area contributed by atoms with Crippen LogP contribution in [-0.2, 0) is 0 Å². The minimum Gasteiger partial charge on any atom is -0.192 e. The lowest BCUT2D eigenvalue weighted by atomic mass is 9.88. The summed E-state index contributed by atoms with van der Waals surface area (Å²) < 4.78 is 0. The molecule has 0 amide bonds. The monoisotopic (exact) mass is 403 g/mol. The molecule has 1 nitrogen and oxygen atoms in total. The van der Waals surface area contributed by atoms with Crippen molar-refractivity contribution in [1.82, 2.24) is 0 Å². The molecule has 0 saturated heterocycles. The minimum atomic E-state index is 0.725. The zero-order chi connectivity index (χ0) is 21.2. The van der Waals surface area contributed by atoms with E-state index in [4.69, 9.17) is 0 Å². The summed E-state index contributed by atoms with van der Waals surface area (Å²) in [5.41, 5.74) is 0.725. The van der Waals surface area contributed by atoms with Crippen molar-refractivity contribution in [3.05, 3.63) is 109 Å². The lowest BCUT2D eigenvalue weighted by Crippen LogP contribution is -1.88. The summed E-state index contributed by atoms with van der Waals surface area (Å²) in [5, 5.41) is 24.4. The normalized spacial score (nSPS) is 11.7. The van der Waals surface area contributed by atoms with E-state index in [1.165, 1.54) is 48.5 Å². The van der Waals surface area contributed by atoms with E-state index in [1.54, 1.807) is 0 Å². The Morgan fingerprint density at radius 1 is 0.375 bits per heavy atom. The first kappa shape index (κ1) is 17.3. The molecule has 0 aromatic heterocycles. The fraction of sp³-hybridized carbons (Fsp3) is 0. The molecule has 0 bridgehead atoms. The van der Waals surface area contributed by atoms with Gasteiger partial charge in [0.15, 0.2) is 0 Å². The average Bonchev–Trinajstić information content (AvgIpc) is 2.86. The van der Waals surface area contributed by atoms with Crippen LogP contribution in [0.4, 0.5) is 0 Å². The number of nitriles is 1. The molecule has 1 heteroatoms. The van der Waals surface area contributed by atoms with Crippen LogP contribution in [0.5, 0.6) is 0 Å². The molecule has 0 N–H and O–H groups in total. The predicted octanol–water partition coefficient (Wildman–Crippen LogP) is 8.48. The Morgan fingerprint density at radius 3 is 1.44 bits per heavy atom. The second kappa shape index (κ2) is 6.30. The summed E-state index contributed by atoms with van der Waals surface area (Å²) in [5.74, 6) is 0. The van der Waals surface area contributed by atoms with Crippen LogP contribution in [0.2, 0.25) is 0 Å². The van der Waals surface area contributed by atoms with Crippen molar-refractivity contribution in [3.8, 4) is 6.07 Å². The number of hydrogen-bond acceptors (Lipinski definition) is 1. The Labute approximate surface area is 184 Å². The van der Waals surface area contributed by atoms with Gasteiger partial charge in [-0.15, -0.1) is 0 Å². The fourth-order valence-electron chi connectivity index (χ4n) is 5.41. The number of benzene rings is 7. The Bertz CT molecular complexity index is 1920. The molecule has 7 aromatic carbocycles. The van der Waals surface area contributed by atoms with Gasteiger partial charge in [-0.3, -0.25) is 0 Å². The lowest BCUT2D eigenvalue weighted by Gasteiger charge is -2.15. The fourth-order valence-corrected chi connectivity index (χ4v) is 5.41. The molecule has 0 aliphatic carbocycles. The van der Waals surface area contributed by atoms with Crippen LogP contribution < -0.4 is 0 Å². The number of fused-ring (bicyclic) bond motifs is 11. The van der Waals surface area contributed by atoms with E-state index in [2.05, 4.69) is 97.1 Å². The highest BCUT2D eigenvalue weighted by Crippen LogP contribution is 2.42. The molecular formula is C31H17N. The van der Waals surface area contributed by atoms with Crippen LogP contribution in [0.1, 0.15) is 5.56 Å². The van der Waals surface area contributed by atoms with Crippen molar-refractivity contribution in [2.75, 3.05) is 0 Å². The van der Waals surface area contributed by atoms with Crippen molar-refractivity contribution < 1.29 is 0 Å². The molecule has 0 aliphatic rings. The SMILES string of the molecule is N#Cc1cccc2ccc3ccc4ccc5ccc6ccc7ccccc7c6c5c4c3c12. The average molecular weight is 403 g/mol. The third-order valence-corrected chi connectivity index (χ3v) is 6.81. The van der Waals surface area contributed by atoms with E-state index >= 15 is 0 Å². The molecule has 0 aliphatic heterocycles. The minimum absolute atomic E-state index is 0.725. The summed E-state index contributed by atoms with van der Waals surface area (Å²) in [4.78, 5) is 0. The molecule has 0 spiro atoms. The lowest BCUT2D eigenvalue weighted by molar-refractivity contribution is 1.51. The molecule has 0 heterocycles. The maximum atomic E-state index is 9.94. The van der Waals surface area contributed by atoms with Crippen molar-refractivity contribution in [3.63, 3.8) is 0 Å². The molecule has 0 fully saturated rings. The van der Waals surface area contributed by atoms with Crippen LogP contribution in [0.3, 0.4) is 0 Å². The summed E-state index contributed by atoms with van der Waals surface area (Å²) in [6, 6.07) is 39.1. The molecule has 7 rings (SSSR count). The van der Waals surface area contributed by atoms with Gasteiger partial charge in [0.2, 0.25) is 0 Å². The maximum absolute atomic E-state index is 9.94. The zero-order valence-electron chi connectivity index (χ0n) is 17.3. The van der Waals surface area contributed by atoms with Crippen LogP contribution in [0, 0.1) is 11.3 Å². The Kier molecular flexibility index (Phi) is 3.40. The first-order valence-corrected chi connectivity index (χ1v) is 10.8. The van der Waals surface area contributed by atoms with Gasteiger partial charge in [-0.2, -0.15) is 5.26 Å². The Hall–Kier alpha value is -4.41. The largest absolute Gasteiger partial charge is 0.192 e. The molecule has 0 unspecified atom stereocenters. The summed E-state index contributed by atoms with van der Waals surface area (Å²) >= 11 is 0. The first-order chi connectivity index (χ1) is 15.8. The molecule has 0 radical (unpaired) electrons. The topological polar surface area (TPSA) is 23.8 Å². The predicted molar refractivity (Wildman–Crippen MR) is 136 cm³/mol. The highest BCUT2D eigenvalue weighted by atomic mass is 14.2. The smallest absolute Gasteiger partial charge is 0.0998 e. The summed E-state index contributed by atoms with van der Waals surface area (Å²) in [7, 11) is 0. The van der Waals surface area contributed by atoms with Gasteiger partial charge in [-0.05, 0) is 65.3 Å². The molecule has 32 heavy (non-hydrogen) atoms. The first-order valence-electron chi connectivity index (χ1n) is 10.8. The van der Waals surface area contributed by atoms with Crippen LogP contribution in [-0.4, -0.2) is 0 Å². The Morgan fingerprint density at radius 2 is 0.812 bits per heavy atom. The van der Waals surface area contributed by atoms with Crippen molar-refractivity contribution in [2.45, 2.75) is 0 Å². The zero-order valence-corrected chi connectivity index (χ0v) is 17.3. The highest BCUT2D eigenvalue weighted by molar-refractivity contribution is 6.35. The van der Waals surface area contributed by atoms with Gasteiger partial charge in [0.1, 0.15) is 0 Å². The number of hydrogen-bond donors (Lipinski definition) is 0. The van der Waals surface area contributed by atoms with E-state index < -0.39 is 0 Å².